The minimum absolute atomic E-state index is 0.0971. The Labute approximate surface area is 92.8 Å². The molecular formula is C9H13ClN2O3. The molecule has 2 unspecified atom stereocenters. The van der Waals surface area contributed by atoms with E-state index in [-0.39, 0.29) is 12.5 Å². The minimum Gasteiger partial charge on any atom is -0.320 e. The highest BCUT2D eigenvalue weighted by Crippen LogP contribution is 2.12. The van der Waals surface area contributed by atoms with Crippen molar-refractivity contribution in [2.75, 3.05) is 6.54 Å². The molecule has 1 aliphatic heterocycles. The largest absolute Gasteiger partial charge is 0.320 e. The number of carbonyl (C=O) groups is 3. The maximum Gasteiger partial charge on any atom is 0.249 e. The number of hydrogen-bond donors (Lipinski definition) is 1. The van der Waals surface area contributed by atoms with Gasteiger partial charge in [-0.2, -0.15) is 0 Å². The van der Waals surface area contributed by atoms with Crippen molar-refractivity contribution in [2.45, 2.75) is 31.7 Å². The standard InChI is InChI=1S/C9H13ClN2O3/c1-3-6-8(14)11-7(13)4-12(6)9(15)5(2)10/h5-6H,3-4H2,1-2H3,(H,11,13,14). The van der Waals surface area contributed by atoms with E-state index < -0.39 is 23.2 Å². The van der Waals surface area contributed by atoms with Crippen molar-refractivity contribution in [3.05, 3.63) is 0 Å². The Balaban J connectivity index is 2.87. The van der Waals surface area contributed by atoms with E-state index in [1.165, 1.54) is 11.8 Å². The predicted octanol–water partition coefficient (Wildman–Crippen LogP) is -0.123. The Hall–Kier alpha value is -1.10. The predicted molar refractivity (Wildman–Crippen MR) is 54.3 cm³/mol. The molecular weight excluding hydrogens is 220 g/mol. The van der Waals surface area contributed by atoms with Gasteiger partial charge in [-0.15, -0.1) is 11.6 Å². The Bertz CT molecular complexity index is 304. The fourth-order valence-corrected chi connectivity index (χ4v) is 1.66. The number of nitrogens with zero attached hydrogens (tertiary/aromatic N) is 1. The van der Waals surface area contributed by atoms with E-state index in [0.717, 1.165) is 0 Å². The first-order valence-corrected chi connectivity index (χ1v) is 5.19. The number of rotatable bonds is 2. The molecule has 0 radical (unpaired) electrons. The normalized spacial score (nSPS) is 23.7. The molecule has 1 N–H and O–H groups in total. The molecule has 0 aromatic carbocycles. The topological polar surface area (TPSA) is 66.5 Å². The fraction of sp³-hybridized carbons (Fsp3) is 0.667. The zero-order chi connectivity index (χ0) is 11.6. The molecule has 0 aliphatic carbocycles. The van der Waals surface area contributed by atoms with E-state index in [4.69, 9.17) is 11.6 Å². The van der Waals surface area contributed by atoms with Crippen LogP contribution in [0.3, 0.4) is 0 Å². The third kappa shape index (κ3) is 2.47. The summed E-state index contributed by atoms with van der Waals surface area (Å²) >= 11 is 5.65. The molecule has 1 aliphatic rings. The lowest BCUT2D eigenvalue weighted by atomic mass is 10.1. The van der Waals surface area contributed by atoms with Gasteiger partial charge in [-0.3, -0.25) is 19.7 Å². The maximum atomic E-state index is 11.6. The van der Waals surface area contributed by atoms with Crippen molar-refractivity contribution in [3.8, 4) is 0 Å². The zero-order valence-corrected chi connectivity index (χ0v) is 9.37. The number of imide groups is 1. The van der Waals surface area contributed by atoms with Crippen LogP contribution >= 0.6 is 11.6 Å². The third-order valence-electron chi connectivity index (χ3n) is 2.27. The number of nitrogens with one attached hydrogen (secondary N) is 1. The van der Waals surface area contributed by atoms with Crippen LogP contribution in [0, 0.1) is 0 Å². The quantitative estimate of drug-likeness (QED) is 0.533. The Morgan fingerprint density at radius 1 is 1.67 bits per heavy atom. The molecule has 84 valence electrons. The second kappa shape index (κ2) is 4.61. The number of alkyl halides is 1. The van der Waals surface area contributed by atoms with Crippen LogP contribution in [0.5, 0.6) is 0 Å². The Morgan fingerprint density at radius 2 is 2.27 bits per heavy atom. The van der Waals surface area contributed by atoms with E-state index in [2.05, 4.69) is 5.32 Å². The molecule has 0 bridgehead atoms. The van der Waals surface area contributed by atoms with Crippen LogP contribution in [0.25, 0.3) is 0 Å². The summed E-state index contributed by atoms with van der Waals surface area (Å²) in [6, 6.07) is -0.587. The highest BCUT2D eigenvalue weighted by molar-refractivity contribution is 6.30. The van der Waals surface area contributed by atoms with Gasteiger partial charge in [-0.25, -0.2) is 0 Å². The molecule has 3 amide bonds. The molecule has 0 spiro atoms. The molecule has 1 saturated heterocycles. The summed E-state index contributed by atoms with van der Waals surface area (Å²) in [6.07, 6.45) is 0.467. The summed E-state index contributed by atoms with van der Waals surface area (Å²) < 4.78 is 0. The van der Waals surface area contributed by atoms with Crippen LogP contribution in [0.15, 0.2) is 0 Å². The van der Waals surface area contributed by atoms with Crippen molar-refractivity contribution in [3.63, 3.8) is 0 Å². The smallest absolute Gasteiger partial charge is 0.249 e. The zero-order valence-electron chi connectivity index (χ0n) is 8.62. The molecule has 1 heterocycles. The van der Waals surface area contributed by atoms with E-state index in [1.807, 2.05) is 0 Å². The summed E-state index contributed by atoms with van der Waals surface area (Å²) in [4.78, 5) is 35.4. The van der Waals surface area contributed by atoms with Crippen molar-refractivity contribution < 1.29 is 14.4 Å². The lowest BCUT2D eigenvalue weighted by Gasteiger charge is -2.34. The van der Waals surface area contributed by atoms with Crippen LogP contribution in [-0.2, 0) is 14.4 Å². The third-order valence-corrected chi connectivity index (χ3v) is 2.45. The summed E-state index contributed by atoms with van der Waals surface area (Å²) in [5, 5.41) is 1.46. The van der Waals surface area contributed by atoms with Crippen LogP contribution in [0.2, 0.25) is 0 Å². The second-order valence-corrected chi connectivity index (χ2v) is 4.07. The molecule has 1 rings (SSSR count). The van der Waals surface area contributed by atoms with Gasteiger partial charge in [0.05, 0.1) is 0 Å². The van der Waals surface area contributed by atoms with E-state index in [0.29, 0.717) is 6.42 Å². The molecule has 0 aromatic heterocycles. The molecule has 6 heteroatoms. The number of piperazine rings is 1. The van der Waals surface area contributed by atoms with Crippen LogP contribution in [0.1, 0.15) is 20.3 Å². The SMILES string of the molecule is CCC1C(=O)NC(=O)CN1C(=O)C(C)Cl. The molecule has 5 nitrogen and oxygen atoms in total. The van der Waals surface area contributed by atoms with Gasteiger partial charge in [0.2, 0.25) is 17.7 Å². The monoisotopic (exact) mass is 232 g/mol. The number of amides is 3. The van der Waals surface area contributed by atoms with Crippen LogP contribution in [0.4, 0.5) is 0 Å². The lowest BCUT2D eigenvalue weighted by molar-refractivity contribution is -0.149. The highest BCUT2D eigenvalue weighted by atomic mass is 35.5. The van der Waals surface area contributed by atoms with E-state index in [1.54, 1.807) is 6.92 Å². The van der Waals surface area contributed by atoms with Gasteiger partial charge in [-0.05, 0) is 13.3 Å². The molecule has 2 atom stereocenters. The van der Waals surface area contributed by atoms with Crippen LogP contribution < -0.4 is 5.32 Å². The number of halogens is 1. The van der Waals surface area contributed by atoms with Gasteiger partial charge in [0.15, 0.2) is 0 Å². The van der Waals surface area contributed by atoms with Gasteiger partial charge in [0, 0.05) is 0 Å². The van der Waals surface area contributed by atoms with Crippen molar-refractivity contribution >= 4 is 29.3 Å². The molecule has 15 heavy (non-hydrogen) atoms. The van der Waals surface area contributed by atoms with Gasteiger partial charge >= 0.3 is 0 Å². The maximum absolute atomic E-state index is 11.6. The lowest BCUT2D eigenvalue weighted by Crippen LogP contribution is -2.60. The Morgan fingerprint density at radius 3 is 2.73 bits per heavy atom. The van der Waals surface area contributed by atoms with Crippen molar-refractivity contribution in [1.29, 1.82) is 0 Å². The highest BCUT2D eigenvalue weighted by Gasteiger charge is 2.36. The first-order chi connectivity index (χ1) is 6.97. The molecule has 0 saturated carbocycles. The molecule has 1 fully saturated rings. The summed E-state index contributed by atoms with van der Waals surface area (Å²) in [6.45, 7) is 3.20. The molecule has 0 aromatic rings. The fourth-order valence-electron chi connectivity index (χ4n) is 1.53. The van der Waals surface area contributed by atoms with Gasteiger partial charge < -0.3 is 4.90 Å². The first-order valence-electron chi connectivity index (χ1n) is 4.75. The summed E-state index contributed by atoms with van der Waals surface area (Å²) in [7, 11) is 0. The van der Waals surface area contributed by atoms with E-state index in [9.17, 15) is 14.4 Å². The average Bonchev–Trinajstić information content (AvgIpc) is 2.15. The van der Waals surface area contributed by atoms with Crippen molar-refractivity contribution in [2.24, 2.45) is 0 Å². The minimum atomic E-state index is -0.724. The average molecular weight is 233 g/mol. The first kappa shape index (κ1) is 12.0. The summed E-state index contributed by atoms with van der Waals surface area (Å²) in [5.41, 5.74) is 0. The number of hydrogen-bond acceptors (Lipinski definition) is 3. The second-order valence-electron chi connectivity index (χ2n) is 3.42. The number of carbonyl (C=O) groups excluding carboxylic acids is 3. The van der Waals surface area contributed by atoms with E-state index >= 15 is 0 Å². The van der Waals surface area contributed by atoms with Crippen molar-refractivity contribution in [1.82, 2.24) is 10.2 Å². The van der Waals surface area contributed by atoms with Gasteiger partial charge in [0.25, 0.3) is 0 Å². The van der Waals surface area contributed by atoms with Gasteiger partial charge in [0.1, 0.15) is 18.0 Å². The summed E-state index contributed by atoms with van der Waals surface area (Å²) in [5.74, 6) is -1.28. The van der Waals surface area contributed by atoms with Gasteiger partial charge in [-0.1, -0.05) is 6.92 Å². The van der Waals surface area contributed by atoms with Crippen LogP contribution in [-0.4, -0.2) is 40.6 Å². The Kier molecular flexibility index (Phi) is 3.68.